The van der Waals surface area contributed by atoms with Crippen LogP contribution >= 0.6 is 0 Å². The van der Waals surface area contributed by atoms with Gasteiger partial charge in [0.2, 0.25) is 0 Å². The first kappa shape index (κ1) is 13.0. The fraction of sp³-hybridized carbons (Fsp3) is 0.667. The largest absolute Gasteiger partial charge is 0.380 e. The lowest BCUT2D eigenvalue weighted by molar-refractivity contribution is 0.140. The molecule has 0 amide bonds. The summed E-state index contributed by atoms with van der Waals surface area (Å²) in [5, 5.41) is 3.52. The zero-order valence-corrected chi connectivity index (χ0v) is 11.5. The monoisotopic (exact) mass is 261 g/mol. The average molecular weight is 261 g/mol. The molecule has 0 radical (unpaired) electrons. The second kappa shape index (κ2) is 6.46. The van der Waals surface area contributed by atoms with E-state index in [-0.39, 0.29) is 0 Å². The lowest BCUT2D eigenvalue weighted by Crippen LogP contribution is -2.26. The van der Waals surface area contributed by atoms with Gasteiger partial charge in [-0.3, -0.25) is 9.88 Å². The van der Waals surface area contributed by atoms with Crippen LogP contribution in [0.5, 0.6) is 0 Å². The molecule has 1 saturated heterocycles. The van der Waals surface area contributed by atoms with Crippen LogP contribution in [0.3, 0.4) is 0 Å². The third-order valence-electron chi connectivity index (χ3n) is 3.71. The molecular weight excluding hydrogens is 238 g/mol. The number of pyridine rings is 1. The molecule has 1 aliphatic carbocycles. The quantitative estimate of drug-likeness (QED) is 0.873. The van der Waals surface area contributed by atoms with Gasteiger partial charge >= 0.3 is 0 Å². The van der Waals surface area contributed by atoms with Crippen molar-refractivity contribution in [2.45, 2.75) is 38.4 Å². The molecule has 0 aromatic carbocycles. The van der Waals surface area contributed by atoms with Gasteiger partial charge in [-0.25, -0.2) is 0 Å². The van der Waals surface area contributed by atoms with E-state index in [2.05, 4.69) is 28.4 Å². The van der Waals surface area contributed by atoms with Crippen LogP contribution in [-0.4, -0.2) is 42.2 Å². The Balaban J connectivity index is 1.54. The fourth-order valence-corrected chi connectivity index (χ4v) is 2.44. The number of nitrogens with zero attached hydrogens (tertiary/aromatic N) is 2. The molecule has 0 spiro atoms. The van der Waals surface area contributed by atoms with Gasteiger partial charge in [0.25, 0.3) is 0 Å². The summed E-state index contributed by atoms with van der Waals surface area (Å²) in [6.45, 7) is 5.74. The molecular formula is C15H23N3O. The Hall–Kier alpha value is -0.970. The van der Waals surface area contributed by atoms with Crippen molar-refractivity contribution in [2.24, 2.45) is 0 Å². The molecule has 0 bridgehead atoms. The van der Waals surface area contributed by atoms with E-state index < -0.39 is 0 Å². The van der Waals surface area contributed by atoms with Crippen molar-refractivity contribution in [1.82, 2.24) is 15.2 Å². The second-order valence-corrected chi connectivity index (χ2v) is 5.52. The number of hydrogen-bond donors (Lipinski definition) is 1. The normalized spacial score (nSPS) is 21.3. The number of rotatable bonds is 5. The average Bonchev–Trinajstić information content (AvgIpc) is 3.25. The smallest absolute Gasteiger partial charge is 0.0593 e. The van der Waals surface area contributed by atoms with E-state index >= 15 is 0 Å². The molecule has 2 aliphatic rings. The van der Waals surface area contributed by atoms with E-state index in [0.717, 1.165) is 57.5 Å². The van der Waals surface area contributed by atoms with Crippen LogP contribution in [0.1, 0.15) is 30.7 Å². The van der Waals surface area contributed by atoms with Crippen molar-refractivity contribution in [3.63, 3.8) is 0 Å². The first-order valence-electron chi connectivity index (χ1n) is 7.38. The van der Waals surface area contributed by atoms with Gasteiger partial charge in [0.05, 0.1) is 18.0 Å². The molecule has 104 valence electrons. The summed E-state index contributed by atoms with van der Waals surface area (Å²) in [5.74, 6) is 0. The van der Waals surface area contributed by atoms with Crippen molar-refractivity contribution in [2.75, 3.05) is 26.3 Å². The van der Waals surface area contributed by atoms with Gasteiger partial charge in [-0.05, 0) is 31.4 Å². The second-order valence-electron chi connectivity index (χ2n) is 5.52. The summed E-state index contributed by atoms with van der Waals surface area (Å²) >= 11 is 0. The fourth-order valence-electron chi connectivity index (χ4n) is 2.44. The topological polar surface area (TPSA) is 37.4 Å². The zero-order valence-electron chi connectivity index (χ0n) is 11.5. The van der Waals surface area contributed by atoms with E-state index in [9.17, 15) is 0 Å². The number of hydrogen-bond acceptors (Lipinski definition) is 4. The summed E-state index contributed by atoms with van der Waals surface area (Å²) in [7, 11) is 0. The molecule has 2 heterocycles. The van der Waals surface area contributed by atoms with Gasteiger partial charge < -0.3 is 10.1 Å². The Morgan fingerprint density at radius 3 is 3.00 bits per heavy atom. The lowest BCUT2D eigenvalue weighted by Gasteiger charge is -2.18. The van der Waals surface area contributed by atoms with Gasteiger partial charge in [-0.15, -0.1) is 0 Å². The highest BCUT2D eigenvalue weighted by Gasteiger charge is 2.20. The minimum absolute atomic E-state index is 0.744. The maximum Gasteiger partial charge on any atom is 0.0593 e. The standard InChI is InChI=1S/C15H23N3O/c1-3-14(11-16-13-5-6-13)17-15(4-1)12-18-7-2-9-19-10-8-18/h1,3-4,13,16H,2,5-12H2. The molecule has 0 atom stereocenters. The predicted molar refractivity (Wildman–Crippen MR) is 74.8 cm³/mol. The molecule has 4 heteroatoms. The molecule has 1 aromatic heterocycles. The van der Waals surface area contributed by atoms with Crippen molar-refractivity contribution >= 4 is 0 Å². The maximum atomic E-state index is 5.49. The molecule has 1 aromatic rings. The minimum Gasteiger partial charge on any atom is -0.380 e. The Labute approximate surface area is 115 Å². The third-order valence-corrected chi connectivity index (χ3v) is 3.71. The number of nitrogens with one attached hydrogen (secondary N) is 1. The van der Waals surface area contributed by atoms with Crippen LogP contribution in [0.15, 0.2) is 18.2 Å². The van der Waals surface area contributed by atoms with Crippen LogP contribution in [-0.2, 0) is 17.8 Å². The molecule has 1 saturated carbocycles. The van der Waals surface area contributed by atoms with Crippen molar-refractivity contribution in [3.8, 4) is 0 Å². The van der Waals surface area contributed by atoms with Gasteiger partial charge in [0.1, 0.15) is 0 Å². The Morgan fingerprint density at radius 2 is 2.11 bits per heavy atom. The molecule has 3 rings (SSSR count). The number of aromatic nitrogens is 1. The van der Waals surface area contributed by atoms with Gasteiger partial charge in [-0.2, -0.15) is 0 Å². The van der Waals surface area contributed by atoms with E-state index in [1.165, 1.54) is 18.5 Å². The van der Waals surface area contributed by atoms with Crippen molar-refractivity contribution in [3.05, 3.63) is 29.6 Å². The zero-order chi connectivity index (χ0) is 12.9. The molecule has 1 N–H and O–H groups in total. The van der Waals surface area contributed by atoms with Crippen molar-refractivity contribution < 1.29 is 4.74 Å². The highest BCUT2D eigenvalue weighted by Crippen LogP contribution is 2.19. The number of ether oxygens (including phenoxy) is 1. The molecule has 1 aliphatic heterocycles. The lowest BCUT2D eigenvalue weighted by atomic mass is 10.2. The summed E-state index contributed by atoms with van der Waals surface area (Å²) in [4.78, 5) is 7.19. The summed E-state index contributed by atoms with van der Waals surface area (Å²) in [5.41, 5.74) is 2.34. The molecule has 19 heavy (non-hydrogen) atoms. The van der Waals surface area contributed by atoms with E-state index in [0.29, 0.717) is 0 Å². The van der Waals surface area contributed by atoms with E-state index in [1.807, 2.05) is 0 Å². The Morgan fingerprint density at radius 1 is 1.21 bits per heavy atom. The van der Waals surface area contributed by atoms with Gasteiger partial charge in [0, 0.05) is 38.8 Å². The van der Waals surface area contributed by atoms with Crippen LogP contribution in [0.2, 0.25) is 0 Å². The van der Waals surface area contributed by atoms with Crippen LogP contribution in [0.25, 0.3) is 0 Å². The van der Waals surface area contributed by atoms with E-state index in [1.54, 1.807) is 0 Å². The van der Waals surface area contributed by atoms with Gasteiger partial charge in [-0.1, -0.05) is 6.07 Å². The maximum absolute atomic E-state index is 5.49. The highest BCUT2D eigenvalue weighted by atomic mass is 16.5. The Bertz CT molecular complexity index is 398. The molecule has 2 fully saturated rings. The first-order chi connectivity index (χ1) is 9.40. The predicted octanol–water partition coefficient (Wildman–Crippen LogP) is 1.56. The Kier molecular flexibility index (Phi) is 4.43. The van der Waals surface area contributed by atoms with Crippen molar-refractivity contribution in [1.29, 1.82) is 0 Å². The molecule has 4 nitrogen and oxygen atoms in total. The van der Waals surface area contributed by atoms with Crippen LogP contribution in [0.4, 0.5) is 0 Å². The SMILES string of the molecule is c1cc(CNC2CC2)nc(CN2CCCOCC2)c1. The summed E-state index contributed by atoms with van der Waals surface area (Å²) in [6.07, 6.45) is 3.78. The van der Waals surface area contributed by atoms with Crippen LogP contribution < -0.4 is 5.32 Å². The van der Waals surface area contributed by atoms with Crippen LogP contribution in [0, 0.1) is 0 Å². The van der Waals surface area contributed by atoms with E-state index in [4.69, 9.17) is 9.72 Å². The highest BCUT2D eigenvalue weighted by molar-refractivity contribution is 5.11. The summed E-state index contributed by atoms with van der Waals surface area (Å²) < 4.78 is 5.49. The first-order valence-corrected chi connectivity index (χ1v) is 7.38. The third kappa shape index (κ3) is 4.27. The summed E-state index contributed by atoms with van der Waals surface area (Å²) in [6, 6.07) is 7.12. The molecule has 0 unspecified atom stereocenters. The minimum atomic E-state index is 0.744. The van der Waals surface area contributed by atoms with Gasteiger partial charge in [0.15, 0.2) is 0 Å².